The number of hydrogen-bond acceptors (Lipinski definition) is 4. The van der Waals surface area contributed by atoms with Gasteiger partial charge in [0.2, 0.25) is 0 Å². The van der Waals surface area contributed by atoms with Crippen LogP contribution in [0, 0.1) is 0 Å². The molecule has 1 aromatic heterocycles. The first-order valence-electron chi connectivity index (χ1n) is 8.60. The van der Waals surface area contributed by atoms with Crippen molar-refractivity contribution in [3.8, 4) is 5.69 Å². The SMILES string of the molecule is CC(O)CN(Cc1ncn(-c2ccccc2)n1)C1CCCCC1. The highest BCUT2D eigenvalue weighted by Gasteiger charge is 2.23. The van der Waals surface area contributed by atoms with Crippen LogP contribution in [0.2, 0.25) is 0 Å². The van der Waals surface area contributed by atoms with Crippen LogP contribution in [0.5, 0.6) is 0 Å². The van der Waals surface area contributed by atoms with Crippen LogP contribution in [0.3, 0.4) is 0 Å². The van der Waals surface area contributed by atoms with Crippen LogP contribution in [-0.4, -0.2) is 43.5 Å². The van der Waals surface area contributed by atoms with Crippen molar-refractivity contribution in [2.45, 2.75) is 57.7 Å². The zero-order chi connectivity index (χ0) is 16.1. The maximum atomic E-state index is 9.83. The summed E-state index contributed by atoms with van der Waals surface area (Å²) in [6, 6.07) is 10.6. The molecule has 0 amide bonds. The second-order valence-corrected chi connectivity index (χ2v) is 6.51. The lowest BCUT2D eigenvalue weighted by atomic mass is 9.94. The maximum absolute atomic E-state index is 9.83. The lowest BCUT2D eigenvalue weighted by molar-refractivity contribution is 0.0750. The van der Waals surface area contributed by atoms with Gasteiger partial charge < -0.3 is 5.11 Å². The van der Waals surface area contributed by atoms with Gasteiger partial charge >= 0.3 is 0 Å². The minimum absolute atomic E-state index is 0.326. The number of nitrogens with zero attached hydrogens (tertiary/aromatic N) is 4. The minimum atomic E-state index is -0.326. The molecule has 1 heterocycles. The largest absolute Gasteiger partial charge is 0.392 e. The van der Waals surface area contributed by atoms with Crippen molar-refractivity contribution in [1.82, 2.24) is 19.7 Å². The van der Waals surface area contributed by atoms with E-state index in [-0.39, 0.29) is 6.10 Å². The van der Waals surface area contributed by atoms with Crippen LogP contribution in [0.1, 0.15) is 44.9 Å². The number of aromatic nitrogens is 3. The first-order chi connectivity index (χ1) is 11.2. The highest BCUT2D eigenvalue weighted by molar-refractivity contribution is 5.29. The predicted molar refractivity (Wildman–Crippen MR) is 90.3 cm³/mol. The van der Waals surface area contributed by atoms with E-state index >= 15 is 0 Å². The highest BCUT2D eigenvalue weighted by Crippen LogP contribution is 2.23. The first-order valence-corrected chi connectivity index (χ1v) is 8.60. The molecule has 1 aliphatic rings. The molecule has 3 rings (SSSR count). The lowest BCUT2D eigenvalue weighted by Gasteiger charge is -2.34. The molecule has 5 heteroatoms. The molecule has 1 saturated carbocycles. The van der Waals surface area contributed by atoms with Crippen molar-refractivity contribution >= 4 is 0 Å². The summed E-state index contributed by atoms with van der Waals surface area (Å²) in [7, 11) is 0. The number of benzene rings is 1. The molecule has 5 nitrogen and oxygen atoms in total. The summed E-state index contributed by atoms with van der Waals surface area (Å²) in [6.07, 6.45) is 7.78. The standard InChI is InChI=1S/C18H26N4O/c1-15(23)12-21(16-8-4-2-5-9-16)13-18-19-14-22(20-18)17-10-6-3-7-11-17/h3,6-7,10-11,14-16,23H,2,4-5,8-9,12-13H2,1H3. The molecule has 2 aromatic rings. The molecule has 1 unspecified atom stereocenters. The maximum Gasteiger partial charge on any atom is 0.165 e. The molecular formula is C18H26N4O. The normalized spacial score (nSPS) is 17.5. The number of para-hydroxylation sites is 1. The third-order valence-corrected chi connectivity index (χ3v) is 4.49. The van der Waals surface area contributed by atoms with Gasteiger partial charge in [-0.1, -0.05) is 37.5 Å². The Morgan fingerprint density at radius 1 is 1.22 bits per heavy atom. The van der Waals surface area contributed by atoms with Crippen LogP contribution in [0.4, 0.5) is 0 Å². The van der Waals surface area contributed by atoms with Crippen molar-refractivity contribution < 1.29 is 5.11 Å². The molecule has 124 valence electrons. The Labute approximate surface area is 138 Å². The number of rotatable bonds is 6. The molecule has 1 aromatic carbocycles. The van der Waals surface area contributed by atoms with E-state index in [1.54, 1.807) is 6.33 Å². The van der Waals surface area contributed by atoms with Gasteiger partial charge in [-0.3, -0.25) is 4.90 Å². The van der Waals surface area contributed by atoms with Gasteiger partial charge in [-0.25, -0.2) is 9.67 Å². The summed E-state index contributed by atoms with van der Waals surface area (Å²) >= 11 is 0. The van der Waals surface area contributed by atoms with Gasteiger partial charge in [-0.15, -0.1) is 5.10 Å². The van der Waals surface area contributed by atoms with Crippen LogP contribution >= 0.6 is 0 Å². The molecular weight excluding hydrogens is 288 g/mol. The van der Waals surface area contributed by atoms with Crippen molar-refractivity contribution in [1.29, 1.82) is 0 Å². The Bertz CT molecular complexity index is 590. The van der Waals surface area contributed by atoms with Gasteiger partial charge in [-0.2, -0.15) is 0 Å². The van der Waals surface area contributed by atoms with Gasteiger partial charge in [0, 0.05) is 12.6 Å². The van der Waals surface area contributed by atoms with E-state index in [9.17, 15) is 5.11 Å². The van der Waals surface area contributed by atoms with E-state index < -0.39 is 0 Å². The Hall–Kier alpha value is -1.72. The van der Waals surface area contributed by atoms with E-state index in [0.29, 0.717) is 19.1 Å². The van der Waals surface area contributed by atoms with Crippen molar-refractivity contribution in [2.75, 3.05) is 6.54 Å². The molecule has 1 aliphatic carbocycles. The lowest BCUT2D eigenvalue weighted by Crippen LogP contribution is -2.40. The van der Waals surface area contributed by atoms with E-state index in [1.165, 1.54) is 32.1 Å². The summed E-state index contributed by atoms with van der Waals surface area (Å²) in [4.78, 5) is 6.82. The van der Waals surface area contributed by atoms with Gasteiger partial charge in [0.05, 0.1) is 18.3 Å². The quantitative estimate of drug-likeness (QED) is 0.891. The van der Waals surface area contributed by atoms with E-state index in [0.717, 1.165) is 11.5 Å². The van der Waals surface area contributed by atoms with Gasteiger partial charge in [0.1, 0.15) is 6.33 Å². The van der Waals surface area contributed by atoms with Crippen molar-refractivity contribution in [3.05, 3.63) is 42.5 Å². The fourth-order valence-electron chi connectivity index (χ4n) is 3.38. The predicted octanol–water partition coefficient (Wildman–Crippen LogP) is 2.78. The highest BCUT2D eigenvalue weighted by atomic mass is 16.3. The van der Waals surface area contributed by atoms with Crippen LogP contribution < -0.4 is 0 Å². The molecule has 23 heavy (non-hydrogen) atoms. The fraction of sp³-hybridized carbons (Fsp3) is 0.556. The summed E-state index contributed by atoms with van der Waals surface area (Å²) in [5, 5.41) is 14.4. The Kier molecular flexibility index (Phi) is 5.41. The molecule has 1 atom stereocenters. The van der Waals surface area contributed by atoms with E-state index in [2.05, 4.69) is 15.0 Å². The Balaban J connectivity index is 1.70. The fourth-order valence-corrected chi connectivity index (χ4v) is 3.38. The number of aliphatic hydroxyl groups excluding tert-OH is 1. The van der Waals surface area contributed by atoms with Crippen molar-refractivity contribution in [2.24, 2.45) is 0 Å². The number of hydrogen-bond donors (Lipinski definition) is 1. The van der Waals surface area contributed by atoms with Gasteiger partial charge in [-0.05, 0) is 31.9 Å². The third kappa shape index (κ3) is 4.39. The zero-order valence-electron chi connectivity index (χ0n) is 13.8. The van der Waals surface area contributed by atoms with Crippen LogP contribution in [0.15, 0.2) is 36.7 Å². The molecule has 0 aliphatic heterocycles. The summed E-state index contributed by atoms with van der Waals surface area (Å²) in [5.74, 6) is 0.820. The molecule has 0 saturated heterocycles. The monoisotopic (exact) mass is 314 g/mol. The second-order valence-electron chi connectivity index (χ2n) is 6.51. The zero-order valence-corrected chi connectivity index (χ0v) is 13.8. The second kappa shape index (κ2) is 7.70. The summed E-state index contributed by atoms with van der Waals surface area (Å²) in [5.41, 5.74) is 1.02. The minimum Gasteiger partial charge on any atom is -0.392 e. The summed E-state index contributed by atoms with van der Waals surface area (Å²) in [6.45, 7) is 3.24. The molecule has 0 bridgehead atoms. The smallest absolute Gasteiger partial charge is 0.165 e. The third-order valence-electron chi connectivity index (χ3n) is 4.49. The average molecular weight is 314 g/mol. The van der Waals surface area contributed by atoms with Crippen LogP contribution in [0.25, 0.3) is 5.69 Å². The van der Waals surface area contributed by atoms with Gasteiger partial charge in [0.25, 0.3) is 0 Å². The first kappa shape index (κ1) is 16.1. The van der Waals surface area contributed by atoms with E-state index in [1.807, 2.05) is 41.9 Å². The Morgan fingerprint density at radius 3 is 2.65 bits per heavy atom. The van der Waals surface area contributed by atoms with Crippen LogP contribution in [-0.2, 0) is 6.54 Å². The Morgan fingerprint density at radius 2 is 1.96 bits per heavy atom. The topological polar surface area (TPSA) is 54.2 Å². The average Bonchev–Trinajstić information content (AvgIpc) is 3.04. The number of aliphatic hydroxyl groups is 1. The van der Waals surface area contributed by atoms with Crippen molar-refractivity contribution in [3.63, 3.8) is 0 Å². The van der Waals surface area contributed by atoms with E-state index in [4.69, 9.17) is 0 Å². The molecule has 0 spiro atoms. The summed E-state index contributed by atoms with van der Waals surface area (Å²) < 4.78 is 1.82. The molecule has 1 fully saturated rings. The van der Waals surface area contributed by atoms with Gasteiger partial charge in [0.15, 0.2) is 5.82 Å². The molecule has 1 N–H and O–H groups in total. The molecule has 0 radical (unpaired) electrons.